The Morgan fingerprint density at radius 1 is 1.36 bits per heavy atom. The van der Waals surface area contributed by atoms with Crippen molar-refractivity contribution in [3.05, 3.63) is 35.5 Å². The Morgan fingerprint density at radius 3 is 2.72 bits per heavy atom. The second-order valence-electron chi connectivity index (χ2n) is 6.32. The van der Waals surface area contributed by atoms with E-state index in [1.54, 1.807) is 19.1 Å². The van der Waals surface area contributed by atoms with Crippen LogP contribution in [-0.2, 0) is 11.2 Å². The predicted octanol–water partition coefficient (Wildman–Crippen LogP) is 2.75. The minimum absolute atomic E-state index is 0.113. The summed E-state index contributed by atoms with van der Waals surface area (Å²) in [6.07, 6.45) is 2.14. The number of nitrogens with zero attached hydrogens (tertiary/aromatic N) is 2. The quantitative estimate of drug-likeness (QED) is 0.765. The first-order valence-electron chi connectivity index (χ1n) is 8.51. The Kier molecular flexibility index (Phi) is 6.25. The predicted molar refractivity (Wildman–Crippen MR) is 93.3 cm³/mol. The summed E-state index contributed by atoms with van der Waals surface area (Å²) in [5, 5.41) is 6.69. The molecule has 2 rings (SSSR count). The molecule has 0 fully saturated rings. The molecule has 0 aliphatic rings. The van der Waals surface area contributed by atoms with E-state index in [1.807, 2.05) is 13.8 Å². The van der Waals surface area contributed by atoms with Crippen LogP contribution < -0.4 is 11.1 Å². The van der Waals surface area contributed by atoms with E-state index < -0.39 is 0 Å². The van der Waals surface area contributed by atoms with Gasteiger partial charge in [-0.1, -0.05) is 31.1 Å². The third kappa shape index (κ3) is 5.09. The third-order valence-electron chi connectivity index (χ3n) is 4.51. The van der Waals surface area contributed by atoms with Crippen molar-refractivity contribution in [1.29, 1.82) is 0 Å². The lowest BCUT2D eigenvalue weighted by molar-refractivity contribution is -0.121. The minimum atomic E-state index is -0.372. The highest BCUT2D eigenvalue weighted by Gasteiger charge is 2.21. The number of hydrogen-bond donors (Lipinski definition) is 2. The molecule has 2 aromatic rings. The van der Waals surface area contributed by atoms with Crippen molar-refractivity contribution in [3.63, 3.8) is 0 Å². The van der Waals surface area contributed by atoms with Gasteiger partial charge in [-0.2, -0.15) is 4.98 Å². The van der Waals surface area contributed by atoms with Crippen molar-refractivity contribution in [3.8, 4) is 11.4 Å². The van der Waals surface area contributed by atoms with Crippen molar-refractivity contribution in [2.24, 2.45) is 5.73 Å². The molecule has 0 saturated carbocycles. The summed E-state index contributed by atoms with van der Waals surface area (Å²) in [5.41, 5.74) is 6.88. The number of aromatic nitrogens is 2. The molecule has 6 nitrogen and oxygen atoms in total. The first-order chi connectivity index (χ1) is 11.9. The number of rotatable bonds is 8. The molecule has 25 heavy (non-hydrogen) atoms. The Balaban J connectivity index is 1.89. The SMILES string of the molecule is CCC(N)(CC)CNC(=O)CCc1nc(-c2ccc(C)c(F)c2)no1. The average Bonchev–Trinajstić information content (AvgIpc) is 3.09. The summed E-state index contributed by atoms with van der Waals surface area (Å²) in [6, 6.07) is 4.76. The first-order valence-corrected chi connectivity index (χ1v) is 8.51. The maximum atomic E-state index is 13.6. The lowest BCUT2D eigenvalue weighted by Crippen LogP contribution is -2.49. The molecular formula is C18H25FN4O2. The second kappa shape index (κ2) is 8.20. The lowest BCUT2D eigenvalue weighted by Gasteiger charge is -2.26. The van der Waals surface area contributed by atoms with Crippen molar-refractivity contribution in [1.82, 2.24) is 15.5 Å². The van der Waals surface area contributed by atoms with Crippen LogP contribution in [0.3, 0.4) is 0 Å². The van der Waals surface area contributed by atoms with Crippen LogP contribution in [0, 0.1) is 12.7 Å². The van der Waals surface area contributed by atoms with Gasteiger partial charge >= 0.3 is 0 Å². The fraction of sp³-hybridized carbons (Fsp3) is 0.500. The average molecular weight is 348 g/mol. The fourth-order valence-corrected chi connectivity index (χ4v) is 2.29. The van der Waals surface area contributed by atoms with Gasteiger partial charge in [0.05, 0.1) is 0 Å². The standard InChI is InChI=1S/C18H25FN4O2/c1-4-18(20,5-2)11-21-15(24)8-9-16-22-17(23-25-16)13-7-6-12(3)14(19)10-13/h6-7,10H,4-5,8-9,11,20H2,1-3H3,(H,21,24). The maximum Gasteiger partial charge on any atom is 0.227 e. The Morgan fingerprint density at radius 2 is 2.08 bits per heavy atom. The largest absolute Gasteiger partial charge is 0.354 e. The van der Waals surface area contributed by atoms with E-state index in [9.17, 15) is 9.18 Å². The molecule has 3 N–H and O–H groups in total. The summed E-state index contributed by atoms with van der Waals surface area (Å²) < 4.78 is 18.8. The van der Waals surface area contributed by atoms with Crippen molar-refractivity contribution in [2.75, 3.05) is 6.54 Å². The molecule has 7 heteroatoms. The van der Waals surface area contributed by atoms with E-state index in [1.165, 1.54) is 6.07 Å². The minimum Gasteiger partial charge on any atom is -0.354 e. The summed E-state index contributed by atoms with van der Waals surface area (Å²) in [4.78, 5) is 16.2. The second-order valence-corrected chi connectivity index (χ2v) is 6.32. The van der Waals surface area contributed by atoms with Gasteiger partial charge in [0.1, 0.15) is 5.82 Å². The number of nitrogens with one attached hydrogen (secondary N) is 1. The summed E-state index contributed by atoms with van der Waals surface area (Å²) >= 11 is 0. The normalized spacial score (nSPS) is 11.6. The zero-order valence-electron chi connectivity index (χ0n) is 14.9. The molecule has 0 radical (unpaired) electrons. The molecular weight excluding hydrogens is 323 g/mol. The highest BCUT2D eigenvalue weighted by atomic mass is 19.1. The fourth-order valence-electron chi connectivity index (χ4n) is 2.29. The number of benzene rings is 1. The molecule has 1 amide bonds. The maximum absolute atomic E-state index is 13.6. The van der Waals surface area contributed by atoms with Gasteiger partial charge in [0.2, 0.25) is 17.6 Å². The van der Waals surface area contributed by atoms with Gasteiger partial charge in [-0.25, -0.2) is 4.39 Å². The van der Waals surface area contributed by atoms with E-state index >= 15 is 0 Å². The highest BCUT2D eigenvalue weighted by molar-refractivity contribution is 5.76. The van der Waals surface area contributed by atoms with Crippen LogP contribution in [0.25, 0.3) is 11.4 Å². The van der Waals surface area contributed by atoms with Crippen LogP contribution in [0.1, 0.15) is 44.6 Å². The molecule has 0 aliphatic heterocycles. The van der Waals surface area contributed by atoms with E-state index in [2.05, 4.69) is 15.5 Å². The molecule has 0 spiro atoms. The van der Waals surface area contributed by atoms with Crippen molar-refractivity contribution < 1.29 is 13.7 Å². The van der Waals surface area contributed by atoms with Gasteiger partial charge in [0.25, 0.3) is 0 Å². The van der Waals surface area contributed by atoms with Crippen LogP contribution in [0.2, 0.25) is 0 Å². The Bertz CT molecular complexity index is 726. The summed E-state index contributed by atoms with van der Waals surface area (Å²) in [6.45, 7) is 6.14. The number of nitrogens with two attached hydrogens (primary N) is 1. The van der Waals surface area contributed by atoms with Gasteiger partial charge in [-0.15, -0.1) is 0 Å². The van der Waals surface area contributed by atoms with Gasteiger partial charge in [-0.3, -0.25) is 4.79 Å². The topological polar surface area (TPSA) is 94.0 Å². The number of carbonyl (C=O) groups excluding carboxylic acids is 1. The molecule has 0 atom stereocenters. The van der Waals surface area contributed by atoms with Crippen molar-refractivity contribution >= 4 is 5.91 Å². The zero-order chi connectivity index (χ0) is 18.4. The van der Waals surface area contributed by atoms with Gasteiger partial charge < -0.3 is 15.6 Å². The molecule has 0 unspecified atom stereocenters. The monoisotopic (exact) mass is 348 g/mol. The van der Waals surface area contributed by atoms with Gasteiger partial charge in [-0.05, 0) is 31.4 Å². The number of carbonyl (C=O) groups is 1. The van der Waals surface area contributed by atoms with Crippen molar-refractivity contribution in [2.45, 2.75) is 52.0 Å². The summed E-state index contributed by atoms with van der Waals surface area (Å²) in [7, 11) is 0. The van der Waals surface area contributed by atoms with E-state index in [4.69, 9.17) is 10.3 Å². The lowest BCUT2D eigenvalue weighted by atomic mass is 9.94. The van der Waals surface area contributed by atoms with Gasteiger partial charge in [0, 0.05) is 30.5 Å². The molecule has 0 bridgehead atoms. The van der Waals surface area contributed by atoms with Gasteiger partial charge in [0.15, 0.2) is 0 Å². The third-order valence-corrected chi connectivity index (χ3v) is 4.51. The van der Waals surface area contributed by atoms with Crippen LogP contribution in [0.15, 0.2) is 22.7 Å². The number of amides is 1. The van der Waals surface area contributed by atoms with E-state index in [0.29, 0.717) is 35.8 Å². The number of hydrogen-bond acceptors (Lipinski definition) is 5. The molecule has 1 aromatic carbocycles. The molecule has 1 heterocycles. The Hall–Kier alpha value is -2.28. The molecule has 0 saturated heterocycles. The van der Waals surface area contributed by atoms with Crippen LogP contribution in [0.5, 0.6) is 0 Å². The number of aryl methyl sites for hydroxylation is 2. The van der Waals surface area contributed by atoms with E-state index in [0.717, 1.165) is 12.8 Å². The summed E-state index contributed by atoms with van der Waals surface area (Å²) in [5.74, 6) is 0.224. The zero-order valence-corrected chi connectivity index (χ0v) is 14.9. The molecule has 1 aromatic heterocycles. The number of halogens is 1. The van der Waals surface area contributed by atoms with Crippen LogP contribution in [-0.4, -0.2) is 28.1 Å². The molecule has 0 aliphatic carbocycles. The van der Waals surface area contributed by atoms with Crippen LogP contribution >= 0.6 is 0 Å². The molecule has 136 valence electrons. The highest BCUT2D eigenvalue weighted by Crippen LogP contribution is 2.19. The van der Waals surface area contributed by atoms with E-state index in [-0.39, 0.29) is 23.7 Å². The van der Waals surface area contributed by atoms with Crippen LogP contribution in [0.4, 0.5) is 4.39 Å². The smallest absolute Gasteiger partial charge is 0.227 e. The Labute approximate surface area is 147 Å². The first kappa shape index (κ1) is 19.1.